The van der Waals surface area contributed by atoms with Crippen molar-refractivity contribution in [2.75, 3.05) is 39.9 Å². The molecular formula is C25H32F3N3O7S2. The lowest BCUT2D eigenvalue weighted by Crippen LogP contribution is -2.47. The molecule has 0 bridgehead atoms. The van der Waals surface area contributed by atoms with Gasteiger partial charge in [-0.2, -0.15) is 17.5 Å². The van der Waals surface area contributed by atoms with Gasteiger partial charge in [-0.25, -0.2) is 21.6 Å². The van der Waals surface area contributed by atoms with E-state index in [2.05, 4.69) is 10.0 Å². The number of benzene rings is 2. The third-order valence-corrected chi connectivity index (χ3v) is 10.4. The van der Waals surface area contributed by atoms with Crippen molar-refractivity contribution in [3.63, 3.8) is 0 Å². The molecule has 2 fully saturated rings. The number of nitrogens with one attached hydrogen (secondary N) is 2. The second-order valence-corrected chi connectivity index (χ2v) is 13.7. The monoisotopic (exact) mass is 607 g/mol. The Kier molecular flexibility index (Phi) is 9.14. The number of hydrogen-bond donors (Lipinski definition) is 3. The number of alkyl halides is 3. The second-order valence-electron chi connectivity index (χ2n) is 9.88. The summed E-state index contributed by atoms with van der Waals surface area (Å²) >= 11 is 0. The summed E-state index contributed by atoms with van der Waals surface area (Å²) < 4.78 is 104. The summed E-state index contributed by atoms with van der Waals surface area (Å²) in [6.07, 6.45) is -4.16. The van der Waals surface area contributed by atoms with Crippen LogP contribution in [-0.2, 0) is 31.0 Å². The molecule has 2 aromatic rings. The van der Waals surface area contributed by atoms with E-state index in [-0.39, 0.29) is 37.2 Å². The van der Waals surface area contributed by atoms with Crippen LogP contribution >= 0.6 is 0 Å². The van der Waals surface area contributed by atoms with Crippen molar-refractivity contribution in [1.29, 1.82) is 0 Å². The number of hydrogen-bond acceptors (Lipinski definition) is 8. The molecule has 40 heavy (non-hydrogen) atoms. The highest BCUT2D eigenvalue weighted by molar-refractivity contribution is 7.89. The second kappa shape index (κ2) is 11.9. The molecule has 2 aromatic carbocycles. The van der Waals surface area contributed by atoms with Gasteiger partial charge in [-0.3, -0.25) is 0 Å². The van der Waals surface area contributed by atoms with E-state index in [1.54, 1.807) is 6.07 Å². The number of nitrogens with zero attached hydrogens (tertiary/aromatic N) is 1. The fourth-order valence-corrected chi connectivity index (χ4v) is 7.10. The Morgan fingerprint density at radius 2 is 1.77 bits per heavy atom. The van der Waals surface area contributed by atoms with Crippen LogP contribution in [0.1, 0.15) is 24.8 Å². The van der Waals surface area contributed by atoms with Gasteiger partial charge in [0, 0.05) is 31.7 Å². The van der Waals surface area contributed by atoms with Crippen molar-refractivity contribution < 1.29 is 44.6 Å². The maximum Gasteiger partial charge on any atom is 0.416 e. The van der Waals surface area contributed by atoms with E-state index in [9.17, 15) is 35.1 Å². The van der Waals surface area contributed by atoms with Crippen LogP contribution in [0, 0.1) is 0 Å². The van der Waals surface area contributed by atoms with Crippen molar-refractivity contribution >= 4 is 20.0 Å². The minimum atomic E-state index is -4.64. The molecule has 2 saturated heterocycles. The van der Waals surface area contributed by atoms with Crippen molar-refractivity contribution in [3.8, 4) is 5.75 Å². The van der Waals surface area contributed by atoms with E-state index in [1.807, 2.05) is 0 Å². The first kappa shape index (κ1) is 30.7. The molecule has 2 aliphatic rings. The van der Waals surface area contributed by atoms with Crippen LogP contribution in [0.4, 0.5) is 13.2 Å². The van der Waals surface area contributed by atoms with Crippen LogP contribution in [0.15, 0.2) is 58.3 Å². The lowest BCUT2D eigenvalue weighted by atomic mass is 9.88. The van der Waals surface area contributed by atoms with E-state index in [4.69, 9.17) is 9.47 Å². The number of sulfonamides is 2. The highest BCUT2D eigenvalue weighted by Crippen LogP contribution is 2.38. The Labute approximate surface area is 231 Å². The first-order valence-electron chi connectivity index (χ1n) is 12.6. The maximum absolute atomic E-state index is 13.1. The van der Waals surface area contributed by atoms with E-state index in [0.717, 1.165) is 18.2 Å². The van der Waals surface area contributed by atoms with Gasteiger partial charge in [0.2, 0.25) is 20.0 Å². The van der Waals surface area contributed by atoms with Crippen molar-refractivity contribution in [3.05, 3.63) is 54.1 Å². The molecule has 10 nitrogen and oxygen atoms in total. The Balaban J connectivity index is 1.25. The summed E-state index contributed by atoms with van der Waals surface area (Å²) in [4.78, 5) is -0.348. The molecule has 0 saturated carbocycles. The summed E-state index contributed by atoms with van der Waals surface area (Å²) in [6, 6.07) is 9.56. The standard InChI is InChI=1S/C25H32F3N3O7S2/c1-29-39(33,34)22-6-3-5-21(13-22)37-17-20(32)15-30-19-14-24(38-16-19)8-10-31(11-9-24)40(35,36)23-7-2-4-18(12-23)25(26,27)28/h2-7,12-13,19-20,29-30,32H,8-11,14-17H2,1H3/t19?,20-/m0/s1. The topological polar surface area (TPSA) is 134 Å². The zero-order valence-electron chi connectivity index (χ0n) is 21.7. The molecule has 222 valence electrons. The van der Waals surface area contributed by atoms with Crippen LogP contribution in [0.3, 0.4) is 0 Å². The predicted octanol–water partition coefficient (Wildman–Crippen LogP) is 1.96. The average Bonchev–Trinajstić information content (AvgIpc) is 3.32. The van der Waals surface area contributed by atoms with Crippen molar-refractivity contribution in [2.24, 2.45) is 0 Å². The quantitative estimate of drug-likeness (QED) is 0.373. The Bertz CT molecular complexity index is 1400. The largest absolute Gasteiger partial charge is 0.491 e. The molecule has 2 aliphatic heterocycles. The molecule has 0 aliphatic carbocycles. The molecule has 1 spiro atoms. The molecular weight excluding hydrogens is 575 g/mol. The third kappa shape index (κ3) is 7.13. The average molecular weight is 608 g/mol. The van der Waals surface area contributed by atoms with Gasteiger partial charge in [-0.1, -0.05) is 12.1 Å². The highest BCUT2D eigenvalue weighted by Gasteiger charge is 2.45. The predicted molar refractivity (Wildman–Crippen MR) is 139 cm³/mol. The van der Waals surface area contributed by atoms with E-state index in [0.29, 0.717) is 37.7 Å². The first-order chi connectivity index (χ1) is 18.7. The van der Waals surface area contributed by atoms with E-state index < -0.39 is 48.4 Å². The van der Waals surface area contributed by atoms with Crippen LogP contribution in [0.2, 0.25) is 0 Å². The van der Waals surface area contributed by atoms with Crippen molar-refractivity contribution in [2.45, 2.75) is 53.0 Å². The number of aliphatic hydroxyl groups is 1. The van der Waals surface area contributed by atoms with Gasteiger partial charge >= 0.3 is 6.18 Å². The molecule has 2 heterocycles. The lowest BCUT2D eigenvalue weighted by Gasteiger charge is -2.38. The molecule has 0 aromatic heterocycles. The van der Waals surface area contributed by atoms with Gasteiger partial charge < -0.3 is 19.9 Å². The highest BCUT2D eigenvalue weighted by atomic mass is 32.2. The van der Waals surface area contributed by atoms with Crippen molar-refractivity contribution in [1.82, 2.24) is 14.3 Å². The zero-order valence-corrected chi connectivity index (χ0v) is 23.4. The smallest absolute Gasteiger partial charge is 0.416 e. The minimum absolute atomic E-state index is 0.0437. The number of halogens is 3. The first-order valence-corrected chi connectivity index (χ1v) is 15.6. The summed E-state index contributed by atoms with van der Waals surface area (Å²) in [5.41, 5.74) is -1.57. The normalized spacial score (nSPS) is 21.0. The SMILES string of the molecule is CNS(=O)(=O)c1cccc(OC[C@@H](O)CNC2COC3(CCN(S(=O)(=O)c4cccc(C(F)(F)F)c4)CC3)C2)c1. The van der Waals surface area contributed by atoms with Gasteiger partial charge in [0.1, 0.15) is 18.5 Å². The molecule has 1 unspecified atom stereocenters. The maximum atomic E-state index is 13.1. The van der Waals surface area contributed by atoms with Gasteiger partial charge in [0.25, 0.3) is 0 Å². The molecule has 0 amide bonds. The molecule has 0 radical (unpaired) electrons. The Morgan fingerprint density at radius 3 is 2.45 bits per heavy atom. The van der Waals surface area contributed by atoms with Crippen LogP contribution in [0.5, 0.6) is 5.75 Å². The van der Waals surface area contributed by atoms with Crippen LogP contribution in [0.25, 0.3) is 0 Å². The van der Waals surface area contributed by atoms with Gasteiger partial charge in [-0.05, 0) is 56.6 Å². The van der Waals surface area contributed by atoms with E-state index >= 15 is 0 Å². The lowest BCUT2D eigenvalue weighted by molar-refractivity contribution is -0.137. The van der Waals surface area contributed by atoms with Crippen LogP contribution < -0.4 is 14.8 Å². The van der Waals surface area contributed by atoms with Gasteiger partial charge in [0.15, 0.2) is 0 Å². The minimum Gasteiger partial charge on any atom is -0.491 e. The summed E-state index contributed by atoms with van der Waals surface area (Å²) in [5.74, 6) is 0.297. The molecule has 15 heteroatoms. The number of rotatable bonds is 10. The Hall–Kier alpha value is -2.27. The van der Waals surface area contributed by atoms with Gasteiger partial charge in [-0.15, -0.1) is 0 Å². The number of piperidine rings is 1. The molecule has 4 rings (SSSR count). The Morgan fingerprint density at radius 1 is 1.10 bits per heavy atom. The number of aliphatic hydroxyl groups excluding tert-OH is 1. The fraction of sp³-hybridized carbons (Fsp3) is 0.520. The van der Waals surface area contributed by atoms with Crippen LogP contribution in [-0.4, -0.2) is 83.9 Å². The zero-order chi connectivity index (χ0) is 29.2. The number of ether oxygens (including phenoxy) is 2. The molecule has 2 atom stereocenters. The van der Waals surface area contributed by atoms with E-state index in [1.165, 1.54) is 29.6 Å². The van der Waals surface area contributed by atoms with Gasteiger partial charge in [0.05, 0.1) is 27.6 Å². The summed E-state index contributed by atoms with van der Waals surface area (Å²) in [6.45, 7) is 0.706. The summed E-state index contributed by atoms with van der Waals surface area (Å²) in [7, 11) is -6.41. The third-order valence-electron chi connectivity index (χ3n) is 7.11. The molecule has 3 N–H and O–H groups in total. The fourth-order valence-electron chi connectivity index (χ4n) is 4.84. The summed E-state index contributed by atoms with van der Waals surface area (Å²) in [5, 5.41) is 13.6.